The predicted octanol–water partition coefficient (Wildman–Crippen LogP) is 8.55. The average Bonchev–Trinajstić information content (AvgIpc) is 2.93. The highest BCUT2D eigenvalue weighted by molar-refractivity contribution is 6.02. The molecule has 0 aromatic heterocycles. The fourth-order valence-electron chi connectivity index (χ4n) is 11.5. The number of aliphatic carboxylic acids is 1. The minimum Gasteiger partial charge on any atom is -0.481 e. The number of carbonyl (C=O) groups excluding carboxylic acids is 1. The Morgan fingerprint density at radius 3 is 2.12 bits per heavy atom. The van der Waals surface area contributed by atoms with Crippen LogP contribution in [0.4, 0.5) is 0 Å². The van der Waals surface area contributed by atoms with Crippen molar-refractivity contribution in [1.82, 2.24) is 0 Å². The highest BCUT2D eigenvalue weighted by Gasteiger charge is 2.65. The van der Waals surface area contributed by atoms with E-state index < -0.39 is 23.3 Å². The van der Waals surface area contributed by atoms with Gasteiger partial charge in [0, 0.05) is 5.41 Å². The summed E-state index contributed by atoms with van der Waals surface area (Å²) < 4.78 is 6.17. The van der Waals surface area contributed by atoms with Crippen molar-refractivity contribution in [2.75, 3.05) is 0 Å². The van der Waals surface area contributed by atoms with Gasteiger partial charge in [0.15, 0.2) is 0 Å². The molecule has 5 aliphatic carbocycles. The number of carboxylic acid groups (broad SMARTS) is 2. The van der Waals surface area contributed by atoms with Crippen molar-refractivity contribution in [3.05, 3.63) is 46.5 Å². The maximum atomic E-state index is 13.3. The summed E-state index contributed by atoms with van der Waals surface area (Å²) in [5.41, 5.74) is 2.36. The van der Waals surface area contributed by atoms with E-state index in [0.29, 0.717) is 17.8 Å². The van der Waals surface area contributed by atoms with Gasteiger partial charge in [-0.2, -0.15) is 0 Å². The molecule has 1 aromatic carbocycles. The third-order valence-corrected chi connectivity index (χ3v) is 13.7. The third kappa shape index (κ3) is 4.43. The van der Waals surface area contributed by atoms with E-state index in [-0.39, 0.29) is 38.9 Å². The Morgan fingerprint density at radius 2 is 1.44 bits per heavy atom. The second-order valence-corrected chi connectivity index (χ2v) is 16.6. The van der Waals surface area contributed by atoms with Crippen molar-refractivity contribution in [3.8, 4) is 0 Å². The van der Waals surface area contributed by atoms with Crippen LogP contribution in [0.3, 0.4) is 0 Å². The summed E-state index contributed by atoms with van der Waals surface area (Å²) in [6.45, 7) is 14.1. The SMILES string of the molecule is CC1(C)CC[C@]2(C(=O)O)CCC3C(=C2C1)CC[C@@H]1[C@@]2(C)CC[C@H](OC(=O)c4ccccc4C(=O)O)C(C)(C)[C@@H]2CC[C@@]31C. The van der Waals surface area contributed by atoms with Gasteiger partial charge in [0.05, 0.1) is 16.5 Å². The zero-order valence-corrected chi connectivity index (χ0v) is 26.9. The molecule has 7 atom stereocenters. The maximum Gasteiger partial charge on any atom is 0.339 e. The van der Waals surface area contributed by atoms with Gasteiger partial charge in [-0.05, 0) is 117 Å². The number of hydrogen-bond donors (Lipinski definition) is 2. The maximum absolute atomic E-state index is 13.3. The molecule has 43 heavy (non-hydrogen) atoms. The summed E-state index contributed by atoms with van der Waals surface area (Å²) in [7, 11) is 0. The van der Waals surface area contributed by atoms with Gasteiger partial charge < -0.3 is 14.9 Å². The molecule has 1 unspecified atom stereocenters. The van der Waals surface area contributed by atoms with Crippen molar-refractivity contribution < 1.29 is 29.3 Å². The molecule has 0 aliphatic heterocycles. The van der Waals surface area contributed by atoms with Gasteiger partial charge in [-0.1, -0.05) is 64.8 Å². The van der Waals surface area contributed by atoms with Crippen molar-refractivity contribution >= 4 is 17.9 Å². The zero-order valence-electron chi connectivity index (χ0n) is 26.9. The predicted molar refractivity (Wildman–Crippen MR) is 165 cm³/mol. The Labute approximate surface area is 256 Å². The molecular weight excluding hydrogens is 540 g/mol. The summed E-state index contributed by atoms with van der Waals surface area (Å²) in [6, 6.07) is 6.31. The Hall–Kier alpha value is -2.63. The summed E-state index contributed by atoms with van der Waals surface area (Å²) in [5, 5.41) is 20.2. The lowest BCUT2D eigenvalue weighted by molar-refractivity contribution is -0.189. The standard InChI is InChI=1S/C37H50O6/c1-33(2)19-20-37(32(41)42)18-13-25-24(26(37)21-33)11-12-28-35(25,5)16-14-27-34(3,4)29(15-17-36(27,28)6)43-31(40)23-10-8-7-9-22(23)30(38)39/h7-10,25,27-29H,11-21H2,1-6H3,(H,38,39)(H,41,42)/t25?,27-,28-,29-,35-,36-,37+/m0/s1. The lowest BCUT2D eigenvalue weighted by Crippen LogP contribution is -2.62. The molecule has 6 nitrogen and oxygen atoms in total. The molecule has 234 valence electrons. The van der Waals surface area contributed by atoms with Crippen molar-refractivity contribution in [2.45, 2.75) is 118 Å². The monoisotopic (exact) mass is 590 g/mol. The van der Waals surface area contributed by atoms with Crippen molar-refractivity contribution in [3.63, 3.8) is 0 Å². The molecule has 0 bridgehead atoms. The highest BCUT2D eigenvalue weighted by Crippen LogP contribution is 2.72. The first-order valence-corrected chi connectivity index (χ1v) is 16.6. The van der Waals surface area contributed by atoms with Gasteiger partial charge >= 0.3 is 17.9 Å². The van der Waals surface area contributed by atoms with E-state index in [9.17, 15) is 24.6 Å². The summed E-state index contributed by atoms with van der Waals surface area (Å²) in [6.07, 6.45) is 10.2. The molecule has 0 radical (unpaired) electrons. The molecule has 5 aliphatic rings. The molecule has 6 heteroatoms. The van der Waals surface area contributed by atoms with Gasteiger partial charge in [-0.15, -0.1) is 0 Å². The van der Waals surface area contributed by atoms with E-state index in [1.54, 1.807) is 18.2 Å². The van der Waals surface area contributed by atoms with Crippen LogP contribution in [-0.2, 0) is 9.53 Å². The molecule has 0 amide bonds. The number of allylic oxidation sites excluding steroid dienone is 1. The van der Waals surface area contributed by atoms with Crippen LogP contribution in [0.1, 0.15) is 133 Å². The molecule has 0 heterocycles. The number of carboxylic acids is 2. The smallest absolute Gasteiger partial charge is 0.339 e. The fourth-order valence-corrected chi connectivity index (χ4v) is 11.5. The Balaban J connectivity index is 1.29. The Bertz CT molecular complexity index is 1390. The van der Waals surface area contributed by atoms with Gasteiger partial charge in [-0.3, -0.25) is 4.79 Å². The first kappa shape index (κ1) is 30.4. The summed E-state index contributed by atoms with van der Waals surface area (Å²) in [5.74, 6) is -0.913. The molecule has 4 saturated carbocycles. The second kappa shape index (κ2) is 9.94. The molecule has 0 saturated heterocycles. The number of aromatic carboxylic acids is 1. The fraction of sp³-hybridized carbons (Fsp3) is 0.703. The lowest BCUT2D eigenvalue weighted by atomic mass is 9.37. The van der Waals surface area contributed by atoms with Gasteiger partial charge in [-0.25, -0.2) is 9.59 Å². The van der Waals surface area contributed by atoms with E-state index in [1.807, 2.05) is 0 Å². The molecule has 0 spiro atoms. The first-order chi connectivity index (χ1) is 20.1. The number of fused-ring (bicyclic) bond motifs is 6. The molecular formula is C37H50O6. The quantitative estimate of drug-likeness (QED) is 0.269. The van der Waals surface area contributed by atoms with Gasteiger partial charge in [0.1, 0.15) is 6.10 Å². The van der Waals surface area contributed by atoms with Crippen molar-refractivity contribution in [2.24, 2.45) is 44.8 Å². The highest BCUT2D eigenvalue weighted by atomic mass is 16.5. The number of hydrogen-bond acceptors (Lipinski definition) is 4. The number of esters is 1. The third-order valence-electron chi connectivity index (χ3n) is 13.7. The van der Waals surface area contributed by atoms with Crippen LogP contribution in [0.25, 0.3) is 0 Å². The van der Waals surface area contributed by atoms with Crippen LogP contribution in [0.5, 0.6) is 0 Å². The normalized spacial score (nSPS) is 39.4. The van der Waals surface area contributed by atoms with Crippen LogP contribution < -0.4 is 0 Å². The number of ether oxygens (including phenoxy) is 1. The summed E-state index contributed by atoms with van der Waals surface area (Å²) >= 11 is 0. The second-order valence-electron chi connectivity index (χ2n) is 16.6. The van der Waals surface area contributed by atoms with E-state index in [1.165, 1.54) is 17.2 Å². The van der Waals surface area contributed by atoms with Crippen LogP contribution in [-0.4, -0.2) is 34.2 Å². The largest absolute Gasteiger partial charge is 0.481 e. The minimum absolute atomic E-state index is 0.0210. The van der Waals surface area contributed by atoms with E-state index >= 15 is 0 Å². The molecule has 1 aromatic rings. The Kier molecular flexibility index (Phi) is 7.03. The van der Waals surface area contributed by atoms with Crippen LogP contribution in [0, 0.1) is 44.8 Å². The van der Waals surface area contributed by atoms with Crippen LogP contribution >= 0.6 is 0 Å². The number of rotatable bonds is 4. The minimum atomic E-state index is -1.12. The van der Waals surface area contributed by atoms with Crippen molar-refractivity contribution in [1.29, 1.82) is 0 Å². The van der Waals surface area contributed by atoms with Gasteiger partial charge in [0.2, 0.25) is 0 Å². The molecule has 2 N–H and O–H groups in total. The van der Waals surface area contributed by atoms with E-state index in [4.69, 9.17) is 4.74 Å². The zero-order chi connectivity index (χ0) is 31.2. The van der Waals surface area contributed by atoms with Crippen LogP contribution in [0.15, 0.2) is 35.4 Å². The van der Waals surface area contributed by atoms with E-state index in [2.05, 4.69) is 41.5 Å². The average molecular weight is 591 g/mol. The Morgan fingerprint density at radius 1 is 0.767 bits per heavy atom. The van der Waals surface area contributed by atoms with E-state index in [0.717, 1.165) is 70.6 Å². The number of benzene rings is 1. The van der Waals surface area contributed by atoms with Gasteiger partial charge in [0.25, 0.3) is 0 Å². The lowest BCUT2D eigenvalue weighted by Gasteiger charge is -2.68. The molecule has 4 fully saturated rings. The summed E-state index contributed by atoms with van der Waals surface area (Å²) in [4.78, 5) is 37.9. The topological polar surface area (TPSA) is 101 Å². The van der Waals surface area contributed by atoms with Crippen LogP contribution in [0.2, 0.25) is 0 Å². The molecule has 6 rings (SSSR count). The number of carbonyl (C=O) groups is 3. The first-order valence-electron chi connectivity index (χ1n) is 16.6.